The predicted molar refractivity (Wildman–Crippen MR) is 106 cm³/mol. The molecule has 3 rings (SSSR count). The van der Waals surface area contributed by atoms with Crippen LogP contribution in [0.3, 0.4) is 0 Å². The topological polar surface area (TPSA) is 140 Å². The number of ether oxygens (including phenoxy) is 2. The molecule has 0 saturated carbocycles. The zero-order valence-electron chi connectivity index (χ0n) is 16.0. The molecule has 2 saturated heterocycles. The molecule has 0 unspecified atom stereocenters. The van der Waals surface area contributed by atoms with Gasteiger partial charge in [-0.05, 0) is 24.8 Å². The number of morpholine rings is 1. The number of carbonyl (C=O) groups excluding carboxylic acids is 3. The summed E-state index contributed by atoms with van der Waals surface area (Å²) in [5.74, 6) is -1.59. The summed E-state index contributed by atoms with van der Waals surface area (Å²) in [6, 6.07) is 2.15. The number of imide groups is 1. The molecule has 30 heavy (non-hydrogen) atoms. The molecule has 12 heteroatoms. The summed E-state index contributed by atoms with van der Waals surface area (Å²) in [4.78, 5) is 50.0. The highest BCUT2D eigenvalue weighted by Gasteiger charge is 2.37. The molecule has 2 heterocycles. The number of carbonyl (C=O) groups is 3. The third kappa shape index (κ3) is 4.54. The molecular weight excluding hydrogens is 418 g/mol. The number of nitrogens with zero attached hydrogens (tertiary/aromatic N) is 3. The van der Waals surface area contributed by atoms with Crippen molar-refractivity contribution < 1.29 is 33.9 Å². The summed E-state index contributed by atoms with van der Waals surface area (Å²) < 4.78 is 10.4. The van der Waals surface area contributed by atoms with Crippen molar-refractivity contribution in [1.82, 2.24) is 9.80 Å². The van der Waals surface area contributed by atoms with Crippen LogP contribution in [-0.4, -0.2) is 76.3 Å². The van der Waals surface area contributed by atoms with Crippen molar-refractivity contribution in [2.24, 2.45) is 0 Å². The molecule has 3 amide bonds. The first kappa shape index (κ1) is 21.6. The molecule has 0 radical (unpaired) electrons. The Kier molecular flexibility index (Phi) is 6.57. The van der Waals surface area contributed by atoms with Crippen LogP contribution < -0.4 is 4.74 Å². The average Bonchev–Trinajstić information content (AvgIpc) is 2.98. The zero-order chi connectivity index (χ0) is 21.8. The Balaban J connectivity index is 1.84. The quantitative estimate of drug-likeness (QED) is 0.399. The number of phenolic OH excluding ortho intramolecular Hbond substituents is 1. The van der Waals surface area contributed by atoms with Crippen LogP contribution in [0.5, 0.6) is 11.5 Å². The van der Waals surface area contributed by atoms with E-state index in [1.54, 1.807) is 6.92 Å². The van der Waals surface area contributed by atoms with E-state index in [-0.39, 0.29) is 34.4 Å². The highest BCUT2D eigenvalue weighted by Crippen LogP contribution is 2.39. The van der Waals surface area contributed by atoms with Crippen LogP contribution in [0.15, 0.2) is 17.0 Å². The van der Waals surface area contributed by atoms with Gasteiger partial charge in [-0.1, -0.05) is 0 Å². The Morgan fingerprint density at radius 3 is 2.70 bits per heavy atom. The van der Waals surface area contributed by atoms with Crippen molar-refractivity contribution in [3.05, 3.63) is 32.7 Å². The number of hydrogen-bond donors (Lipinski definition) is 1. The van der Waals surface area contributed by atoms with Crippen molar-refractivity contribution in [2.75, 3.05) is 39.5 Å². The number of rotatable bonds is 6. The maximum Gasteiger partial charge on any atom is 0.294 e. The van der Waals surface area contributed by atoms with Gasteiger partial charge in [-0.15, -0.1) is 0 Å². The fourth-order valence-electron chi connectivity index (χ4n) is 2.92. The minimum absolute atomic E-state index is 0.0438. The number of amides is 3. The van der Waals surface area contributed by atoms with Crippen molar-refractivity contribution in [3.8, 4) is 11.5 Å². The van der Waals surface area contributed by atoms with Gasteiger partial charge in [0.2, 0.25) is 5.91 Å². The van der Waals surface area contributed by atoms with Gasteiger partial charge in [0.25, 0.3) is 16.8 Å². The van der Waals surface area contributed by atoms with Crippen molar-refractivity contribution in [3.63, 3.8) is 0 Å². The molecule has 0 bridgehead atoms. The SMILES string of the molecule is CCOc1cc([N+](=O)[O-])cc(/C=C2\SC(=O)N(CC(=O)N3CCOCC3)C2=O)c1O. The average molecular weight is 437 g/mol. The number of phenols is 1. The molecule has 0 aromatic heterocycles. The summed E-state index contributed by atoms with van der Waals surface area (Å²) in [5.41, 5.74) is -0.387. The summed E-state index contributed by atoms with van der Waals surface area (Å²) >= 11 is 0.589. The van der Waals surface area contributed by atoms with Crippen LogP contribution in [0, 0.1) is 10.1 Å². The molecule has 2 aliphatic heterocycles. The standard InChI is InChI=1S/C18H19N3O8S/c1-2-29-13-9-12(21(26)27)7-11(16(13)23)8-14-17(24)20(18(25)30-14)10-15(22)19-3-5-28-6-4-19/h7-9,23H,2-6,10H2,1H3/b14-8-. The summed E-state index contributed by atoms with van der Waals surface area (Å²) in [5, 5.41) is 20.9. The summed E-state index contributed by atoms with van der Waals surface area (Å²) in [6.45, 7) is 2.94. The fraction of sp³-hybridized carbons (Fsp3) is 0.389. The molecule has 1 aromatic carbocycles. The second-order valence-electron chi connectivity index (χ2n) is 6.33. The summed E-state index contributed by atoms with van der Waals surface area (Å²) in [7, 11) is 0. The fourth-order valence-corrected chi connectivity index (χ4v) is 3.75. The van der Waals surface area contributed by atoms with Crippen LogP contribution in [0.2, 0.25) is 0 Å². The minimum Gasteiger partial charge on any atom is -0.504 e. The Morgan fingerprint density at radius 1 is 1.37 bits per heavy atom. The van der Waals surface area contributed by atoms with Crippen LogP contribution in [0.4, 0.5) is 10.5 Å². The molecule has 2 aliphatic rings. The van der Waals surface area contributed by atoms with E-state index in [0.717, 1.165) is 17.0 Å². The van der Waals surface area contributed by atoms with E-state index in [0.29, 0.717) is 38.1 Å². The molecule has 0 atom stereocenters. The van der Waals surface area contributed by atoms with Gasteiger partial charge in [-0.3, -0.25) is 29.4 Å². The normalized spacial score (nSPS) is 18.2. The zero-order valence-corrected chi connectivity index (χ0v) is 16.8. The molecule has 2 fully saturated rings. The van der Waals surface area contributed by atoms with Gasteiger partial charge in [-0.25, -0.2) is 0 Å². The molecular formula is C18H19N3O8S. The number of aromatic hydroxyl groups is 1. The highest BCUT2D eigenvalue weighted by molar-refractivity contribution is 8.18. The van der Waals surface area contributed by atoms with Gasteiger partial charge in [0.15, 0.2) is 11.5 Å². The van der Waals surface area contributed by atoms with Crippen LogP contribution in [0.25, 0.3) is 6.08 Å². The van der Waals surface area contributed by atoms with Crippen molar-refractivity contribution in [2.45, 2.75) is 6.92 Å². The van der Waals surface area contributed by atoms with E-state index in [4.69, 9.17) is 9.47 Å². The predicted octanol–water partition coefficient (Wildman–Crippen LogP) is 1.59. The van der Waals surface area contributed by atoms with E-state index >= 15 is 0 Å². The van der Waals surface area contributed by atoms with Gasteiger partial charge >= 0.3 is 0 Å². The second-order valence-corrected chi connectivity index (χ2v) is 7.33. The molecule has 160 valence electrons. The molecule has 0 spiro atoms. The van der Waals surface area contributed by atoms with E-state index < -0.39 is 28.4 Å². The number of hydrogen-bond acceptors (Lipinski definition) is 9. The maximum absolute atomic E-state index is 12.7. The van der Waals surface area contributed by atoms with Gasteiger partial charge in [0.05, 0.1) is 35.7 Å². The largest absolute Gasteiger partial charge is 0.504 e. The molecule has 0 aliphatic carbocycles. The molecule has 1 N–H and O–H groups in total. The number of nitro benzene ring substituents is 1. The lowest BCUT2D eigenvalue weighted by atomic mass is 10.1. The lowest BCUT2D eigenvalue weighted by Crippen LogP contribution is -2.46. The number of nitro groups is 1. The summed E-state index contributed by atoms with van der Waals surface area (Å²) in [6.07, 6.45) is 1.18. The number of benzene rings is 1. The van der Waals surface area contributed by atoms with Crippen LogP contribution in [-0.2, 0) is 14.3 Å². The third-order valence-electron chi connectivity index (χ3n) is 4.42. The highest BCUT2D eigenvalue weighted by atomic mass is 32.2. The van der Waals surface area contributed by atoms with Crippen molar-refractivity contribution >= 4 is 40.6 Å². The number of non-ortho nitro benzene ring substituents is 1. The monoisotopic (exact) mass is 437 g/mol. The minimum atomic E-state index is -0.713. The van der Waals surface area contributed by atoms with Gasteiger partial charge < -0.3 is 19.5 Å². The Morgan fingerprint density at radius 2 is 2.07 bits per heavy atom. The third-order valence-corrected chi connectivity index (χ3v) is 5.32. The van der Waals surface area contributed by atoms with Crippen LogP contribution >= 0.6 is 11.8 Å². The second kappa shape index (κ2) is 9.13. The van der Waals surface area contributed by atoms with E-state index in [2.05, 4.69) is 0 Å². The molecule has 11 nitrogen and oxygen atoms in total. The lowest BCUT2D eigenvalue weighted by Gasteiger charge is -2.28. The van der Waals surface area contributed by atoms with Gasteiger partial charge in [0, 0.05) is 24.7 Å². The number of thioether (sulfide) groups is 1. The first-order valence-electron chi connectivity index (χ1n) is 9.07. The Labute approximate surface area is 175 Å². The first-order valence-corrected chi connectivity index (χ1v) is 9.88. The van der Waals surface area contributed by atoms with Crippen molar-refractivity contribution in [1.29, 1.82) is 0 Å². The van der Waals surface area contributed by atoms with Gasteiger partial charge in [0.1, 0.15) is 6.54 Å². The maximum atomic E-state index is 12.7. The van der Waals surface area contributed by atoms with Gasteiger partial charge in [-0.2, -0.15) is 0 Å². The van der Waals surface area contributed by atoms with Crippen LogP contribution in [0.1, 0.15) is 12.5 Å². The van der Waals surface area contributed by atoms with E-state index in [1.807, 2.05) is 0 Å². The lowest BCUT2D eigenvalue weighted by molar-refractivity contribution is -0.385. The Hall–Kier alpha value is -3.12. The molecule has 1 aromatic rings. The van der Waals surface area contributed by atoms with E-state index in [9.17, 15) is 29.6 Å². The Bertz CT molecular complexity index is 926. The first-order chi connectivity index (χ1) is 14.3. The smallest absolute Gasteiger partial charge is 0.294 e. The van der Waals surface area contributed by atoms with E-state index in [1.165, 1.54) is 11.0 Å².